The molecule has 28 heavy (non-hydrogen) atoms. The largest absolute Gasteiger partial charge is 0.358 e. The molecule has 1 saturated heterocycles. The van der Waals surface area contributed by atoms with Crippen molar-refractivity contribution in [3.05, 3.63) is 65.6 Å². The number of ketones is 2. The van der Waals surface area contributed by atoms with E-state index < -0.39 is 17.6 Å². The molecule has 2 aliphatic rings. The number of carbonyl (C=O) groups is 2. The van der Waals surface area contributed by atoms with Crippen LogP contribution in [0.4, 0.5) is 0 Å². The Morgan fingerprint density at radius 3 is 2.71 bits per heavy atom. The summed E-state index contributed by atoms with van der Waals surface area (Å²) in [6, 6.07) is 11.9. The molecule has 0 radical (unpaired) electrons. The maximum absolute atomic E-state index is 13.6. The lowest BCUT2D eigenvalue weighted by atomic mass is 9.76. The van der Waals surface area contributed by atoms with E-state index in [-0.39, 0.29) is 11.6 Å². The zero-order valence-corrected chi connectivity index (χ0v) is 15.7. The lowest BCUT2D eigenvalue weighted by Gasteiger charge is -2.31. The van der Waals surface area contributed by atoms with Crippen LogP contribution in [0, 0.1) is 6.92 Å². The molecule has 0 N–H and O–H groups in total. The van der Waals surface area contributed by atoms with E-state index in [1.807, 2.05) is 43.5 Å². The Kier molecular flexibility index (Phi) is 3.91. The van der Waals surface area contributed by atoms with Crippen molar-refractivity contribution in [3.63, 3.8) is 0 Å². The van der Waals surface area contributed by atoms with Crippen LogP contribution in [0.1, 0.15) is 54.4 Å². The second kappa shape index (κ2) is 6.34. The topological polar surface area (TPSA) is 73.6 Å². The molecular weight excluding hydrogens is 354 g/mol. The smallest absolute Gasteiger partial charge is 0.175 e. The van der Waals surface area contributed by atoms with Crippen molar-refractivity contribution in [1.29, 1.82) is 0 Å². The molecule has 1 aliphatic carbocycles. The molecule has 0 bridgehead atoms. The lowest BCUT2D eigenvalue weighted by molar-refractivity contribution is -0.142. The number of benzene rings is 1. The molecule has 1 saturated carbocycles. The minimum absolute atomic E-state index is 0.0919. The van der Waals surface area contributed by atoms with Crippen LogP contribution in [-0.4, -0.2) is 31.8 Å². The summed E-state index contributed by atoms with van der Waals surface area (Å²) in [4.78, 5) is 29.6. The maximum Gasteiger partial charge on any atom is 0.175 e. The SMILES string of the molecule is Cc1cccc(C2C(=O)C3(CCC(=O)CC3)OC2c2ccc3ncnn3c2)c1. The van der Waals surface area contributed by atoms with E-state index in [1.54, 1.807) is 4.52 Å². The van der Waals surface area contributed by atoms with E-state index >= 15 is 0 Å². The minimum Gasteiger partial charge on any atom is -0.358 e. The number of hydrogen-bond acceptors (Lipinski definition) is 5. The number of aryl methyl sites for hydroxylation is 1. The van der Waals surface area contributed by atoms with Crippen molar-refractivity contribution in [2.45, 2.75) is 50.2 Å². The zero-order valence-electron chi connectivity index (χ0n) is 15.7. The molecule has 2 aromatic heterocycles. The number of hydrogen-bond donors (Lipinski definition) is 0. The minimum atomic E-state index is -0.871. The molecule has 6 heteroatoms. The Bertz CT molecular complexity index is 1080. The van der Waals surface area contributed by atoms with E-state index in [0.717, 1.165) is 22.3 Å². The van der Waals surface area contributed by atoms with Crippen molar-refractivity contribution < 1.29 is 14.3 Å². The van der Waals surface area contributed by atoms with Gasteiger partial charge in [-0.3, -0.25) is 9.59 Å². The van der Waals surface area contributed by atoms with Gasteiger partial charge < -0.3 is 4.74 Å². The number of ether oxygens (including phenoxy) is 1. The van der Waals surface area contributed by atoms with Crippen LogP contribution < -0.4 is 0 Å². The molecule has 6 nitrogen and oxygen atoms in total. The number of carbonyl (C=O) groups excluding carboxylic acids is 2. The molecule has 142 valence electrons. The Morgan fingerprint density at radius 2 is 1.93 bits per heavy atom. The third kappa shape index (κ3) is 2.67. The fourth-order valence-corrected chi connectivity index (χ4v) is 4.54. The normalized spacial score (nSPS) is 24.3. The van der Waals surface area contributed by atoms with Crippen LogP contribution in [0.3, 0.4) is 0 Å². The number of rotatable bonds is 2. The van der Waals surface area contributed by atoms with Gasteiger partial charge in [-0.2, -0.15) is 5.10 Å². The highest BCUT2D eigenvalue weighted by Crippen LogP contribution is 2.51. The second-order valence-corrected chi connectivity index (χ2v) is 7.85. The number of nitrogens with zero attached hydrogens (tertiary/aromatic N) is 3. The molecule has 2 unspecified atom stereocenters. The van der Waals surface area contributed by atoms with Crippen molar-refractivity contribution in [2.75, 3.05) is 0 Å². The number of aromatic nitrogens is 3. The molecular formula is C22H21N3O3. The van der Waals surface area contributed by atoms with Gasteiger partial charge in [0.15, 0.2) is 11.4 Å². The monoisotopic (exact) mass is 375 g/mol. The Morgan fingerprint density at radius 1 is 1.11 bits per heavy atom. The maximum atomic E-state index is 13.6. The summed E-state index contributed by atoms with van der Waals surface area (Å²) < 4.78 is 8.21. The quantitative estimate of drug-likeness (QED) is 0.687. The summed E-state index contributed by atoms with van der Waals surface area (Å²) in [5.74, 6) is -0.0926. The van der Waals surface area contributed by atoms with Crippen molar-refractivity contribution in [3.8, 4) is 0 Å². The predicted molar refractivity (Wildman–Crippen MR) is 102 cm³/mol. The van der Waals surface area contributed by atoms with Crippen LogP contribution in [0.15, 0.2) is 48.9 Å². The summed E-state index contributed by atoms with van der Waals surface area (Å²) in [6.45, 7) is 2.02. The summed E-state index contributed by atoms with van der Waals surface area (Å²) in [6.07, 6.45) is 4.73. The average Bonchev–Trinajstić information content (AvgIpc) is 3.27. The Labute approximate surface area is 162 Å². The highest BCUT2D eigenvalue weighted by Gasteiger charge is 2.56. The van der Waals surface area contributed by atoms with Crippen molar-refractivity contribution in [1.82, 2.24) is 14.6 Å². The summed E-state index contributed by atoms with van der Waals surface area (Å²) >= 11 is 0. The van der Waals surface area contributed by atoms with Gasteiger partial charge in [0, 0.05) is 24.6 Å². The van der Waals surface area contributed by atoms with Gasteiger partial charge in [0.25, 0.3) is 0 Å². The standard InChI is InChI=1S/C22H21N3O3/c1-14-3-2-4-15(11-14)19-20(16-5-6-18-23-13-24-25(18)12-16)28-22(21(19)27)9-7-17(26)8-10-22/h2-6,11-13,19-20H,7-10H2,1H3. The van der Waals surface area contributed by atoms with Crippen molar-refractivity contribution in [2.24, 2.45) is 0 Å². The van der Waals surface area contributed by atoms with Crippen LogP contribution >= 0.6 is 0 Å². The molecule has 0 amide bonds. The van der Waals surface area contributed by atoms with E-state index in [4.69, 9.17) is 4.74 Å². The Balaban J connectivity index is 1.61. The molecule has 5 rings (SSSR count). The van der Waals surface area contributed by atoms with E-state index in [0.29, 0.717) is 25.7 Å². The molecule has 1 aromatic carbocycles. The molecule has 2 fully saturated rings. The summed E-state index contributed by atoms with van der Waals surface area (Å²) in [7, 11) is 0. The van der Waals surface area contributed by atoms with E-state index in [9.17, 15) is 9.59 Å². The predicted octanol–water partition coefficient (Wildman–Crippen LogP) is 3.34. The van der Waals surface area contributed by atoms with Gasteiger partial charge in [-0.25, -0.2) is 9.50 Å². The zero-order chi connectivity index (χ0) is 19.3. The van der Waals surface area contributed by atoms with Gasteiger partial charge in [-0.05, 0) is 31.4 Å². The molecule has 2 atom stereocenters. The third-order valence-corrected chi connectivity index (χ3v) is 6.03. The van der Waals surface area contributed by atoms with Gasteiger partial charge in [-0.15, -0.1) is 0 Å². The first kappa shape index (κ1) is 17.3. The highest BCUT2D eigenvalue weighted by molar-refractivity contribution is 5.97. The van der Waals surface area contributed by atoms with Crippen LogP contribution in [0.2, 0.25) is 0 Å². The van der Waals surface area contributed by atoms with E-state index in [1.165, 1.54) is 6.33 Å². The molecule has 3 heterocycles. The fraction of sp³-hybridized carbons (Fsp3) is 0.364. The molecule has 1 aliphatic heterocycles. The van der Waals surface area contributed by atoms with Gasteiger partial charge in [0.2, 0.25) is 0 Å². The second-order valence-electron chi connectivity index (χ2n) is 7.85. The van der Waals surface area contributed by atoms with E-state index in [2.05, 4.69) is 16.1 Å². The van der Waals surface area contributed by atoms with Crippen LogP contribution in [-0.2, 0) is 14.3 Å². The van der Waals surface area contributed by atoms with Crippen LogP contribution in [0.25, 0.3) is 5.65 Å². The first-order chi connectivity index (χ1) is 13.6. The first-order valence-electron chi connectivity index (χ1n) is 9.65. The van der Waals surface area contributed by atoms with Crippen LogP contribution in [0.5, 0.6) is 0 Å². The summed E-state index contributed by atoms with van der Waals surface area (Å²) in [5.41, 5.74) is 2.84. The number of Topliss-reactive ketones (excluding diaryl/α,β-unsaturated/α-hetero) is 2. The average molecular weight is 375 g/mol. The van der Waals surface area contributed by atoms with Gasteiger partial charge >= 0.3 is 0 Å². The molecule has 3 aromatic rings. The van der Waals surface area contributed by atoms with Gasteiger partial charge in [0.05, 0.1) is 12.0 Å². The Hall–Kier alpha value is -2.86. The fourth-order valence-electron chi connectivity index (χ4n) is 4.54. The third-order valence-electron chi connectivity index (χ3n) is 6.03. The molecule has 1 spiro atoms. The number of fused-ring (bicyclic) bond motifs is 1. The number of pyridine rings is 1. The van der Waals surface area contributed by atoms with Gasteiger partial charge in [-0.1, -0.05) is 35.9 Å². The summed E-state index contributed by atoms with van der Waals surface area (Å²) in [5, 5.41) is 4.22. The highest BCUT2D eigenvalue weighted by atomic mass is 16.5. The first-order valence-corrected chi connectivity index (χ1v) is 9.65. The van der Waals surface area contributed by atoms with Crippen molar-refractivity contribution >= 4 is 17.2 Å². The van der Waals surface area contributed by atoms with Gasteiger partial charge in [0.1, 0.15) is 17.7 Å². The lowest BCUT2D eigenvalue weighted by Crippen LogP contribution is -2.41.